The number of aliphatic imine (C=N–C) groups is 1. The minimum atomic E-state index is 0. The molecule has 1 aromatic heterocycles. The summed E-state index contributed by atoms with van der Waals surface area (Å²) in [5, 5.41) is 6.85. The summed E-state index contributed by atoms with van der Waals surface area (Å²) in [5.41, 5.74) is 1.26. The van der Waals surface area contributed by atoms with Crippen molar-refractivity contribution in [3.05, 3.63) is 23.9 Å². The van der Waals surface area contributed by atoms with E-state index in [0.29, 0.717) is 18.3 Å². The quantitative estimate of drug-likeness (QED) is 0.326. The number of halogens is 1. The van der Waals surface area contributed by atoms with E-state index in [9.17, 15) is 0 Å². The number of hydrogen-bond donors (Lipinski definition) is 2. The Bertz CT molecular complexity index is 641. The maximum atomic E-state index is 6.08. The average Bonchev–Trinajstić information content (AvgIpc) is 3.51. The van der Waals surface area contributed by atoms with E-state index in [-0.39, 0.29) is 35.5 Å². The number of pyridine rings is 1. The molecule has 29 heavy (non-hydrogen) atoms. The van der Waals surface area contributed by atoms with Gasteiger partial charge in [0.1, 0.15) is 0 Å². The zero-order valence-electron chi connectivity index (χ0n) is 18.2. The predicted molar refractivity (Wildman–Crippen MR) is 128 cm³/mol. The van der Waals surface area contributed by atoms with Crippen LogP contribution >= 0.6 is 24.0 Å². The maximum absolute atomic E-state index is 6.08. The summed E-state index contributed by atoms with van der Waals surface area (Å²) >= 11 is 0. The van der Waals surface area contributed by atoms with Crippen LogP contribution in [0.3, 0.4) is 0 Å². The molecule has 0 radical (unpaired) electrons. The standard InChI is InChI=1S/C22H36N4O2.HI/c1-22(2,3)20-18(6-5-11-27-20)14-26-21(23-4)25-13-17-9-10-19(24-12-17)28-15-16-7-8-16;/h9-10,12,16,18,20H,5-8,11,13-15H2,1-4H3,(H2,23,25,26);1H. The molecule has 0 aromatic carbocycles. The minimum Gasteiger partial charge on any atom is -0.477 e. The van der Waals surface area contributed by atoms with Crippen molar-refractivity contribution in [2.45, 2.75) is 59.1 Å². The van der Waals surface area contributed by atoms with Gasteiger partial charge in [-0.1, -0.05) is 26.8 Å². The number of guanidine groups is 1. The van der Waals surface area contributed by atoms with Gasteiger partial charge in [0.25, 0.3) is 0 Å². The third-order valence-electron chi connectivity index (χ3n) is 5.48. The van der Waals surface area contributed by atoms with E-state index < -0.39 is 0 Å². The summed E-state index contributed by atoms with van der Waals surface area (Å²) in [6.07, 6.45) is 7.05. The van der Waals surface area contributed by atoms with Gasteiger partial charge in [0, 0.05) is 44.9 Å². The van der Waals surface area contributed by atoms with Crippen LogP contribution < -0.4 is 15.4 Å². The van der Waals surface area contributed by atoms with Gasteiger partial charge < -0.3 is 20.1 Å². The van der Waals surface area contributed by atoms with E-state index in [1.165, 1.54) is 19.3 Å². The van der Waals surface area contributed by atoms with Crippen molar-refractivity contribution >= 4 is 29.9 Å². The van der Waals surface area contributed by atoms with E-state index in [1.54, 1.807) is 7.05 Å². The number of rotatable bonds is 7. The fourth-order valence-electron chi connectivity index (χ4n) is 3.73. The highest BCUT2D eigenvalue weighted by atomic mass is 127. The van der Waals surface area contributed by atoms with Crippen LogP contribution in [0.2, 0.25) is 0 Å². The third-order valence-corrected chi connectivity index (χ3v) is 5.48. The molecule has 2 N–H and O–H groups in total. The smallest absolute Gasteiger partial charge is 0.213 e. The summed E-state index contributed by atoms with van der Waals surface area (Å²) in [4.78, 5) is 8.76. The Morgan fingerprint density at radius 2 is 2.03 bits per heavy atom. The third kappa shape index (κ3) is 7.92. The van der Waals surface area contributed by atoms with Gasteiger partial charge in [-0.25, -0.2) is 4.98 Å². The van der Waals surface area contributed by atoms with Gasteiger partial charge in [0.15, 0.2) is 5.96 Å². The maximum Gasteiger partial charge on any atom is 0.213 e. The van der Waals surface area contributed by atoms with Crippen LogP contribution in [0.5, 0.6) is 5.88 Å². The van der Waals surface area contributed by atoms with Gasteiger partial charge in [0.05, 0.1) is 12.7 Å². The van der Waals surface area contributed by atoms with Crippen LogP contribution in [-0.4, -0.2) is 43.9 Å². The monoisotopic (exact) mass is 516 g/mol. The molecule has 2 fully saturated rings. The number of nitrogens with one attached hydrogen (secondary N) is 2. The van der Waals surface area contributed by atoms with E-state index in [2.05, 4.69) is 47.4 Å². The molecular weight excluding hydrogens is 479 g/mol. The van der Waals surface area contributed by atoms with Gasteiger partial charge in [-0.3, -0.25) is 4.99 Å². The van der Waals surface area contributed by atoms with Crippen molar-refractivity contribution in [3.8, 4) is 5.88 Å². The Balaban J connectivity index is 0.00000300. The van der Waals surface area contributed by atoms with E-state index in [4.69, 9.17) is 9.47 Å². The highest BCUT2D eigenvalue weighted by Crippen LogP contribution is 2.33. The molecule has 3 rings (SSSR count). The molecule has 2 atom stereocenters. The Hall–Kier alpha value is -1.09. The van der Waals surface area contributed by atoms with Gasteiger partial charge in [-0.2, -0.15) is 0 Å². The van der Waals surface area contributed by atoms with Crippen molar-refractivity contribution < 1.29 is 9.47 Å². The van der Waals surface area contributed by atoms with Crippen molar-refractivity contribution in [3.63, 3.8) is 0 Å². The zero-order valence-corrected chi connectivity index (χ0v) is 20.6. The lowest BCUT2D eigenvalue weighted by Crippen LogP contribution is -2.47. The lowest BCUT2D eigenvalue weighted by atomic mass is 9.78. The molecule has 1 aromatic rings. The molecule has 164 valence electrons. The van der Waals surface area contributed by atoms with Crippen LogP contribution in [0.1, 0.15) is 52.0 Å². The Labute approximate surface area is 192 Å². The van der Waals surface area contributed by atoms with Crippen molar-refractivity contribution in [2.75, 3.05) is 26.8 Å². The van der Waals surface area contributed by atoms with Gasteiger partial charge >= 0.3 is 0 Å². The molecule has 0 amide bonds. The molecule has 0 bridgehead atoms. The van der Waals surface area contributed by atoms with Crippen LogP contribution in [0.25, 0.3) is 0 Å². The summed E-state index contributed by atoms with van der Waals surface area (Å²) < 4.78 is 11.8. The fourth-order valence-corrected chi connectivity index (χ4v) is 3.73. The molecule has 1 aliphatic heterocycles. The lowest BCUT2D eigenvalue weighted by Gasteiger charge is -2.40. The first-order valence-electron chi connectivity index (χ1n) is 10.6. The number of aromatic nitrogens is 1. The summed E-state index contributed by atoms with van der Waals surface area (Å²) in [6, 6.07) is 4.00. The molecule has 1 saturated heterocycles. The first-order valence-corrected chi connectivity index (χ1v) is 10.6. The molecule has 2 heterocycles. The lowest BCUT2D eigenvalue weighted by molar-refractivity contribution is -0.0835. The first-order chi connectivity index (χ1) is 13.5. The van der Waals surface area contributed by atoms with Crippen LogP contribution in [0, 0.1) is 17.3 Å². The topological polar surface area (TPSA) is 67.8 Å². The second-order valence-electron chi connectivity index (χ2n) is 9.13. The SMILES string of the molecule is CN=C(NCc1ccc(OCC2CC2)nc1)NCC1CCCOC1C(C)(C)C.I. The molecule has 2 unspecified atom stereocenters. The molecule has 6 nitrogen and oxygen atoms in total. The normalized spacial score (nSPS) is 22.6. The zero-order chi connectivity index (χ0) is 20.0. The average molecular weight is 516 g/mol. The van der Waals surface area contributed by atoms with Crippen LogP contribution in [0.4, 0.5) is 0 Å². The summed E-state index contributed by atoms with van der Waals surface area (Å²) in [6.45, 7) is 9.99. The molecule has 2 aliphatic rings. The predicted octanol–water partition coefficient (Wildman–Crippen LogP) is 3.99. The molecule has 0 spiro atoms. The van der Waals surface area contributed by atoms with Crippen LogP contribution in [-0.2, 0) is 11.3 Å². The van der Waals surface area contributed by atoms with E-state index in [0.717, 1.165) is 43.6 Å². The van der Waals surface area contributed by atoms with Gasteiger partial charge in [-0.05, 0) is 42.6 Å². The summed E-state index contributed by atoms with van der Waals surface area (Å²) in [7, 11) is 1.81. The first kappa shape index (κ1) is 24.2. The van der Waals surface area contributed by atoms with E-state index >= 15 is 0 Å². The molecule has 7 heteroatoms. The Morgan fingerprint density at radius 3 is 2.66 bits per heavy atom. The molecular formula is C22H37IN4O2. The Kier molecular flexibility index (Phi) is 9.46. The van der Waals surface area contributed by atoms with Crippen molar-refractivity contribution in [1.82, 2.24) is 15.6 Å². The van der Waals surface area contributed by atoms with Crippen molar-refractivity contribution in [2.24, 2.45) is 22.2 Å². The minimum absolute atomic E-state index is 0. The number of nitrogens with zero attached hydrogens (tertiary/aromatic N) is 2. The van der Waals surface area contributed by atoms with Gasteiger partial charge in [0.2, 0.25) is 5.88 Å². The highest BCUT2D eigenvalue weighted by molar-refractivity contribution is 14.0. The fraction of sp³-hybridized carbons (Fsp3) is 0.727. The van der Waals surface area contributed by atoms with E-state index in [1.807, 2.05) is 12.3 Å². The Morgan fingerprint density at radius 1 is 1.24 bits per heavy atom. The number of hydrogen-bond acceptors (Lipinski definition) is 4. The highest BCUT2D eigenvalue weighted by Gasteiger charge is 2.35. The van der Waals surface area contributed by atoms with Crippen LogP contribution in [0.15, 0.2) is 23.3 Å². The molecule has 1 aliphatic carbocycles. The van der Waals surface area contributed by atoms with Crippen molar-refractivity contribution in [1.29, 1.82) is 0 Å². The second kappa shape index (κ2) is 11.3. The molecule has 1 saturated carbocycles. The largest absolute Gasteiger partial charge is 0.477 e. The van der Waals surface area contributed by atoms with Gasteiger partial charge in [-0.15, -0.1) is 24.0 Å². The second-order valence-corrected chi connectivity index (χ2v) is 9.13. The number of ether oxygens (including phenoxy) is 2. The summed E-state index contributed by atoms with van der Waals surface area (Å²) in [5.74, 6) is 2.76.